The van der Waals surface area contributed by atoms with E-state index in [9.17, 15) is 0 Å². The molecule has 0 aliphatic carbocycles. The van der Waals surface area contributed by atoms with Crippen molar-refractivity contribution in [3.8, 4) is 6.07 Å². The van der Waals surface area contributed by atoms with E-state index in [1.54, 1.807) is 0 Å². The van der Waals surface area contributed by atoms with Gasteiger partial charge in [-0.3, -0.25) is 0 Å². The van der Waals surface area contributed by atoms with Crippen LogP contribution in [-0.4, -0.2) is 31.1 Å². The number of hydrogen-bond donors (Lipinski definition) is 1. The molecular formula is C15H21N3. The Labute approximate surface area is 109 Å². The zero-order valence-corrected chi connectivity index (χ0v) is 11.2. The van der Waals surface area contributed by atoms with Gasteiger partial charge in [-0.05, 0) is 45.0 Å². The molecule has 0 saturated carbocycles. The molecular weight excluding hydrogens is 222 g/mol. The van der Waals surface area contributed by atoms with Gasteiger partial charge in [0.15, 0.2) is 0 Å². The minimum atomic E-state index is 0.588. The Bertz CT molecular complexity index is 448. The molecule has 18 heavy (non-hydrogen) atoms. The van der Waals surface area contributed by atoms with Gasteiger partial charge in [0.05, 0.1) is 11.3 Å². The Morgan fingerprint density at radius 3 is 3.00 bits per heavy atom. The maximum Gasteiger partial charge on any atom is 0.101 e. The minimum Gasteiger partial charge on any atom is -0.382 e. The molecule has 0 spiro atoms. The highest BCUT2D eigenvalue weighted by molar-refractivity contribution is 5.62. The Kier molecular flexibility index (Phi) is 4.22. The maximum atomic E-state index is 9.13. The second-order valence-electron chi connectivity index (χ2n) is 5.12. The number of para-hydroxylation sites is 1. The van der Waals surface area contributed by atoms with Gasteiger partial charge in [-0.15, -0.1) is 0 Å². The molecule has 1 heterocycles. The fourth-order valence-electron chi connectivity index (χ4n) is 2.62. The number of anilines is 1. The fourth-order valence-corrected chi connectivity index (χ4v) is 2.62. The Hall–Kier alpha value is -1.53. The zero-order valence-electron chi connectivity index (χ0n) is 11.2. The van der Waals surface area contributed by atoms with Crippen LogP contribution >= 0.6 is 0 Å². The van der Waals surface area contributed by atoms with Gasteiger partial charge in [0.1, 0.15) is 6.07 Å². The van der Waals surface area contributed by atoms with Crippen LogP contribution in [0, 0.1) is 18.3 Å². The summed E-state index contributed by atoms with van der Waals surface area (Å²) in [5.41, 5.74) is 2.89. The van der Waals surface area contributed by atoms with E-state index in [1.165, 1.54) is 25.8 Å². The molecule has 1 atom stereocenters. The van der Waals surface area contributed by atoms with E-state index >= 15 is 0 Å². The van der Waals surface area contributed by atoms with E-state index in [0.29, 0.717) is 6.04 Å². The van der Waals surface area contributed by atoms with E-state index in [0.717, 1.165) is 23.4 Å². The van der Waals surface area contributed by atoms with Crippen molar-refractivity contribution in [2.45, 2.75) is 32.2 Å². The maximum absolute atomic E-state index is 9.13. The van der Waals surface area contributed by atoms with Crippen LogP contribution in [0.15, 0.2) is 18.2 Å². The molecule has 1 aromatic carbocycles. The second kappa shape index (κ2) is 5.88. The topological polar surface area (TPSA) is 39.1 Å². The summed E-state index contributed by atoms with van der Waals surface area (Å²) in [4.78, 5) is 2.42. The van der Waals surface area contributed by atoms with Gasteiger partial charge in [-0.1, -0.05) is 18.6 Å². The van der Waals surface area contributed by atoms with Crippen LogP contribution < -0.4 is 5.32 Å². The van der Waals surface area contributed by atoms with Crippen LogP contribution in [-0.2, 0) is 0 Å². The minimum absolute atomic E-state index is 0.588. The molecule has 2 rings (SSSR count). The number of likely N-dealkylation sites (N-methyl/N-ethyl adjacent to an activating group) is 1. The number of rotatable bonds is 3. The van der Waals surface area contributed by atoms with Crippen molar-refractivity contribution >= 4 is 5.69 Å². The van der Waals surface area contributed by atoms with E-state index < -0.39 is 0 Å². The summed E-state index contributed by atoms with van der Waals surface area (Å²) in [7, 11) is 2.19. The van der Waals surface area contributed by atoms with Gasteiger partial charge >= 0.3 is 0 Å². The lowest BCUT2D eigenvalue weighted by molar-refractivity contribution is 0.194. The Balaban J connectivity index is 2.04. The third kappa shape index (κ3) is 2.83. The number of nitrogens with zero attached hydrogens (tertiary/aromatic N) is 2. The average molecular weight is 243 g/mol. The highest BCUT2D eigenvalue weighted by Gasteiger charge is 2.18. The molecule has 1 fully saturated rings. The SMILES string of the molecule is Cc1cccc(C#N)c1NCC1CCCCN1C. The first-order chi connectivity index (χ1) is 8.72. The van der Waals surface area contributed by atoms with E-state index in [2.05, 4.69) is 23.3 Å². The third-order valence-electron chi connectivity index (χ3n) is 3.83. The normalized spacial score (nSPS) is 20.4. The summed E-state index contributed by atoms with van der Waals surface area (Å²) >= 11 is 0. The molecule has 0 bridgehead atoms. The molecule has 1 aliphatic rings. The van der Waals surface area contributed by atoms with Crippen LogP contribution in [0.1, 0.15) is 30.4 Å². The van der Waals surface area contributed by atoms with Crippen LogP contribution in [0.4, 0.5) is 5.69 Å². The van der Waals surface area contributed by atoms with Crippen molar-refractivity contribution in [1.82, 2.24) is 4.90 Å². The first-order valence-corrected chi connectivity index (χ1v) is 6.66. The lowest BCUT2D eigenvalue weighted by Gasteiger charge is -2.33. The van der Waals surface area contributed by atoms with Gasteiger partial charge in [-0.2, -0.15) is 5.26 Å². The summed E-state index contributed by atoms with van der Waals surface area (Å²) < 4.78 is 0. The van der Waals surface area contributed by atoms with Crippen molar-refractivity contribution in [2.75, 3.05) is 25.5 Å². The first-order valence-electron chi connectivity index (χ1n) is 6.66. The summed E-state index contributed by atoms with van der Waals surface area (Å²) in [5.74, 6) is 0. The molecule has 1 N–H and O–H groups in total. The Morgan fingerprint density at radius 1 is 1.44 bits per heavy atom. The highest BCUT2D eigenvalue weighted by Crippen LogP contribution is 2.21. The number of benzene rings is 1. The second-order valence-corrected chi connectivity index (χ2v) is 5.12. The van der Waals surface area contributed by atoms with Gasteiger partial charge in [0, 0.05) is 12.6 Å². The van der Waals surface area contributed by atoms with E-state index in [4.69, 9.17) is 5.26 Å². The lowest BCUT2D eigenvalue weighted by atomic mass is 10.0. The van der Waals surface area contributed by atoms with Crippen molar-refractivity contribution in [2.24, 2.45) is 0 Å². The molecule has 1 saturated heterocycles. The smallest absolute Gasteiger partial charge is 0.101 e. The number of aryl methyl sites for hydroxylation is 1. The van der Waals surface area contributed by atoms with E-state index in [-0.39, 0.29) is 0 Å². The molecule has 3 nitrogen and oxygen atoms in total. The van der Waals surface area contributed by atoms with Gasteiger partial charge < -0.3 is 10.2 Å². The summed E-state index contributed by atoms with van der Waals surface area (Å²) in [6, 6.07) is 8.71. The van der Waals surface area contributed by atoms with Crippen molar-refractivity contribution in [3.05, 3.63) is 29.3 Å². The van der Waals surface area contributed by atoms with Gasteiger partial charge in [0.2, 0.25) is 0 Å². The lowest BCUT2D eigenvalue weighted by Crippen LogP contribution is -2.40. The first kappa shape index (κ1) is 12.9. The molecule has 0 aromatic heterocycles. The summed E-state index contributed by atoms with van der Waals surface area (Å²) in [6.45, 7) is 4.16. The number of hydrogen-bond acceptors (Lipinski definition) is 3. The molecule has 0 radical (unpaired) electrons. The predicted molar refractivity (Wildman–Crippen MR) is 74.7 cm³/mol. The zero-order chi connectivity index (χ0) is 13.0. The van der Waals surface area contributed by atoms with Crippen LogP contribution in [0.2, 0.25) is 0 Å². The summed E-state index contributed by atoms with van der Waals surface area (Å²) in [5, 5.41) is 12.6. The van der Waals surface area contributed by atoms with Crippen LogP contribution in [0.25, 0.3) is 0 Å². The number of nitrogens with one attached hydrogen (secondary N) is 1. The average Bonchev–Trinajstić information content (AvgIpc) is 2.39. The molecule has 1 aromatic rings. The molecule has 1 unspecified atom stereocenters. The van der Waals surface area contributed by atoms with E-state index in [1.807, 2.05) is 25.1 Å². The standard InChI is InChI=1S/C15H21N3/c1-12-6-5-7-13(10-16)15(12)17-11-14-8-3-4-9-18(14)2/h5-7,14,17H,3-4,8-9,11H2,1-2H3. The fraction of sp³-hybridized carbons (Fsp3) is 0.533. The molecule has 3 heteroatoms. The number of nitriles is 1. The number of likely N-dealkylation sites (tertiary alicyclic amines) is 1. The van der Waals surface area contributed by atoms with Gasteiger partial charge in [0.25, 0.3) is 0 Å². The van der Waals surface area contributed by atoms with Crippen molar-refractivity contribution < 1.29 is 0 Å². The number of piperidine rings is 1. The van der Waals surface area contributed by atoms with Crippen molar-refractivity contribution in [3.63, 3.8) is 0 Å². The Morgan fingerprint density at radius 2 is 2.28 bits per heavy atom. The van der Waals surface area contributed by atoms with Crippen LogP contribution in [0.5, 0.6) is 0 Å². The van der Waals surface area contributed by atoms with Gasteiger partial charge in [-0.25, -0.2) is 0 Å². The largest absolute Gasteiger partial charge is 0.382 e. The molecule has 1 aliphatic heterocycles. The highest BCUT2D eigenvalue weighted by atomic mass is 15.2. The van der Waals surface area contributed by atoms with Crippen molar-refractivity contribution in [1.29, 1.82) is 5.26 Å². The predicted octanol–water partition coefficient (Wildman–Crippen LogP) is 2.76. The molecule has 96 valence electrons. The monoisotopic (exact) mass is 243 g/mol. The van der Waals surface area contributed by atoms with Crippen LogP contribution in [0.3, 0.4) is 0 Å². The third-order valence-corrected chi connectivity index (χ3v) is 3.83. The molecule has 0 amide bonds. The summed E-state index contributed by atoms with van der Waals surface area (Å²) in [6.07, 6.45) is 3.87. The quantitative estimate of drug-likeness (QED) is 0.887.